The Kier molecular flexibility index (Phi) is 4.02. The van der Waals surface area contributed by atoms with Crippen molar-refractivity contribution in [3.8, 4) is 0 Å². The molecule has 2 rings (SSSR count). The Bertz CT molecular complexity index is 379. The first kappa shape index (κ1) is 12.4. The predicted octanol–water partition coefficient (Wildman–Crippen LogP) is 2.54. The van der Waals surface area contributed by atoms with Crippen molar-refractivity contribution in [2.75, 3.05) is 13.6 Å². The van der Waals surface area contributed by atoms with Gasteiger partial charge in [-0.3, -0.25) is 4.90 Å². The number of hydrogen-bond donors (Lipinski definition) is 1. The molecule has 0 saturated heterocycles. The van der Waals surface area contributed by atoms with Crippen molar-refractivity contribution in [3.05, 3.63) is 35.8 Å². The lowest BCUT2D eigenvalue weighted by atomic mass is 10.2. The molecule has 0 unspecified atom stereocenters. The largest absolute Gasteiger partial charge is 0.468 e. The van der Waals surface area contributed by atoms with Gasteiger partial charge in [-0.15, -0.1) is 0 Å². The molecule has 17 heavy (non-hydrogen) atoms. The van der Waals surface area contributed by atoms with Crippen LogP contribution in [-0.4, -0.2) is 24.5 Å². The molecule has 3 heteroatoms. The van der Waals surface area contributed by atoms with Crippen LogP contribution in [0.4, 0.5) is 0 Å². The lowest BCUT2D eigenvalue weighted by Crippen LogP contribution is -2.21. The van der Waals surface area contributed by atoms with Gasteiger partial charge in [0.25, 0.3) is 0 Å². The van der Waals surface area contributed by atoms with Crippen LogP contribution in [0.5, 0.6) is 0 Å². The molecule has 0 bridgehead atoms. The van der Waals surface area contributed by atoms with Crippen LogP contribution in [0.25, 0.3) is 0 Å². The zero-order chi connectivity index (χ0) is 12.3. The third kappa shape index (κ3) is 4.02. The van der Waals surface area contributed by atoms with E-state index in [9.17, 15) is 0 Å². The van der Waals surface area contributed by atoms with Crippen LogP contribution in [0.2, 0.25) is 0 Å². The average molecular weight is 234 g/mol. The second-order valence-corrected chi connectivity index (χ2v) is 5.15. The van der Waals surface area contributed by atoms with Crippen molar-refractivity contribution in [2.24, 2.45) is 0 Å². The number of likely N-dealkylation sites (N-methyl/N-ethyl adjacent to an activating group) is 1. The Morgan fingerprint density at radius 2 is 2.35 bits per heavy atom. The van der Waals surface area contributed by atoms with Crippen LogP contribution in [0.3, 0.4) is 0 Å². The van der Waals surface area contributed by atoms with E-state index < -0.39 is 0 Å². The quantitative estimate of drug-likeness (QED) is 0.735. The Balaban J connectivity index is 1.85. The van der Waals surface area contributed by atoms with Crippen LogP contribution in [0, 0.1) is 0 Å². The summed E-state index contributed by atoms with van der Waals surface area (Å²) in [4.78, 5) is 2.22. The van der Waals surface area contributed by atoms with E-state index in [1.807, 2.05) is 6.92 Å². The number of furan rings is 1. The second-order valence-electron chi connectivity index (χ2n) is 5.15. The predicted molar refractivity (Wildman–Crippen MR) is 69.7 cm³/mol. The minimum absolute atomic E-state index is 0.742. The monoisotopic (exact) mass is 234 g/mol. The Labute approximate surface area is 103 Å². The Morgan fingerprint density at radius 1 is 1.59 bits per heavy atom. The Hall–Kier alpha value is -1.06. The summed E-state index contributed by atoms with van der Waals surface area (Å²) in [5.74, 6) is 1.07. The molecular weight excluding hydrogens is 212 g/mol. The molecule has 1 aliphatic rings. The summed E-state index contributed by atoms with van der Waals surface area (Å²) >= 11 is 0. The summed E-state index contributed by atoms with van der Waals surface area (Å²) in [6.07, 6.45) is 4.43. The van der Waals surface area contributed by atoms with Gasteiger partial charge in [0.15, 0.2) is 0 Å². The lowest BCUT2D eigenvalue weighted by Gasteiger charge is -2.16. The average Bonchev–Trinajstić information content (AvgIpc) is 2.96. The van der Waals surface area contributed by atoms with E-state index in [-0.39, 0.29) is 0 Å². The smallest absolute Gasteiger partial charge is 0.122 e. The maximum atomic E-state index is 5.56. The summed E-state index contributed by atoms with van der Waals surface area (Å²) in [5, 5.41) is 3.52. The maximum absolute atomic E-state index is 5.56. The van der Waals surface area contributed by atoms with Gasteiger partial charge in [-0.05, 0) is 32.9 Å². The molecule has 0 atom stereocenters. The van der Waals surface area contributed by atoms with Crippen LogP contribution >= 0.6 is 0 Å². The normalized spacial score (nSPS) is 15.5. The molecule has 94 valence electrons. The topological polar surface area (TPSA) is 28.4 Å². The fourth-order valence-corrected chi connectivity index (χ4v) is 1.97. The SMILES string of the molecule is C=C(C)CN(C)Cc1occc1CNC1CC1. The van der Waals surface area contributed by atoms with Crippen molar-refractivity contribution in [3.63, 3.8) is 0 Å². The molecule has 0 amide bonds. The molecule has 1 aromatic heterocycles. The van der Waals surface area contributed by atoms with Gasteiger partial charge in [0.05, 0.1) is 12.8 Å². The van der Waals surface area contributed by atoms with Gasteiger partial charge in [-0.2, -0.15) is 0 Å². The van der Waals surface area contributed by atoms with Gasteiger partial charge in [-0.25, -0.2) is 0 Å². The molecule has 3 nitrogen and oxygen atoms in total. The number of nitrogens with one attached hydrogen (secondary N) is 1. The van der Waals surface area contributed by atoms with Gasteiger partial charge in [0.2, 0.25) is 0 Å². The van der Waals surface area contributed by atoms with E-state index in [4.69, 9.17) is 4.42 Å². The zero-order valence-electron chi connectivity index (χ0n) is 10.8. The van der Waals surface area contributed by atoms with E-state index in [0.29, 0.717) is 0 Å². The molecule has 1 saturated carbocycles. The second kappa shape index (κ2) is 5.52. The number of hydrogen-bond acceptors (Lipinski definition) is 3. The molecule has 1 N–H and O–H groups in total. The van der Waals surface area contributed by atoms with Gasteiger partial charge < -0.3 is 9.73 Å². The van der Waals surface area contributed by atoms with Crippen LogP contribution < -0.4 is 5.32 Å². The minimum Gasteiger partial charge on any atom is -0.468 e. The van der Waals surface area contributed by atoms with E-state index in [2.05, 4.69) is 29.9 Å². The molecule has 1 heterocycles. The van der Waals surface area contributed by atoms with Crippen LogP contribution in [-0.2, 0) is 13.1 Å². The highest BCUT2D eigenvalue weighted by Gasteiger charge is 2.21. The maximum Gasteiger partial charge on any atom is 0.122 e. The first-order valence-corrected chi connectivity index (χ1v) is 6.26. The molecule has 1 aliphatic carbocycles. The van der Waals surface area contributed by atoms with E-state index in [1.54, 1.807) is 6.26 Å². The fraction of sp³-hybridized carbons (Fsp3) is 0.571. The van der Waals surface area contributed by atoms with Crippen molar-refractivity contribution in [1.82, 2.24) is 10.2 Å². The Morgan fingerprint density at radius 3 is 3.00 bits per heavy atom. The summed E-state index contributed by atoms with van der Waals surface area (Å²) in [6.45, 7) is 8.67. The van der Waals surface area contributed by atoms with E-state index >= 15 is 0 Å². The summed E-state index contributed by atoms with van der Waals surface area (Å²) in [7, 11) is 2.09. The van der Waals surface area contributed by atoms with Gasteiger partial charge in [-0.1, -0.05) is 12.2 Å². The highest BCUT2D eigenvalue weighted by molar-refractivity contribution is 5.17. The van der Waals surface area contributed by atoms with Crippen molar-refractivity contribution < 1.29 is 4.42 Å². The third-order valence-corrected chi connectivity index (χ3v) is 2.95. The van der Waals surface area contributed by atoms with Crippen molar-refractivity contribution >= 4 is 0 Å². The molecule has 0 aromatic carbocycles. The van der Waals surface area contributed by atoms with Gasteiger partial charge in [0, 0.05) is 24.7 Å². The number of rotatable bonds is 7. The third-order valence-electron chi connectivity index (χ3n) is 2.95. The van der Waals surface area contributed by atoms with Gasteiger partial charge >= 0.3 is 0 Å². The summed E-state index contributed by atoms with van der Waals surface area (Å²) in [6, 6.07) is 2.81. The zero-order valence-corrected chi connectivity index (χ0v) is 10.8. The van der Waals surface area contributed by atoms with E-state index in [0.717, 1.165) is 31.4 Å². The highest BCUT2D eigenvalue weighted by atomic mass is 16.3. The molecule has 0 aliphatic heterocycles. The highest BCUT2D eigenvalue weighted by Crippen LogP contribution is 2.20. The first-order chi connectivity index (χ1) is 8.15. The van der Waals surface area contributed by atoms with E-state index in [1.165, 1.54) is 24.0 Å². The number of nitrogens with zero attached hydrogens (tertiary/aromatic N) is 1. The van der Waals surface area contributed by atoms with Gasteiger partial charge in [0.1, 0.15) is 5.76 Å². The molecule has 1 aromatic rings. The van der Waals surface area contributed by atoms with Crippen molar-refractivity contribution in [1.29, 1.82) is 0 Å². The first-order valence-electron chi connectivity index (χ1n) is 6.26. The molecule has 0 radical (unpaired) electrons. The summed E-state index contributed by atoms with van der Waals surface area (Å²) < 4.78 is 5.56. The fourth-order valence-electron chi connectivity index (χ4n) is 1.97. The lowest BCUT2D eigenvalue weighted by molar-refractivity contribution is 0.314. The van der Waals surface area contributed by atoms with Crippen LogP contribution in [0.1, 0.15) is 31.1 Å². The molecule has 1 fully saturated rings. The molecule has 0 spiro atoms. The standard InChI is InChI=1S/C14H22N2O/c1-11(2)9-16(3)10-14-12(6-7-17-14)8-15-13-4-5-13/h6-7,13,15H,1,4-5,8-10H2,2-3H3. The van der Waals surface area contributed by atoms with Crippen molar-refractivity contribution in [2.45, 2.75) is 38.9 Å². The minimum atomic E-state index is 0.742. The van der Waals surface area contributed by atoms with Crippen LogP contribution in [0.15, 0.2) is 28.9 Å². The molecular formula is C14H22N2O. The summed E-state index contributed by atoms with van der Waals surface area (Å²) in [5.41, 5.74) is 2.46.